The van der Waals surface area contributed by atoms with Crippen LogP contribution in [0.2, 0.25) is 0 Å². The van der Waals surface area contributed by atoms with Crippen LogP contribution in [0, 0.1) is 11.8 Å². The first-order chi connectivity index (χ1) is 10.2. The zero-order chi connectivity index (χ0) is 16.5. The summed E-state index contributed by atoms with van der Waals surface area (Å²) < 4.78 is 25.2. The van der Waals surface area contributed by atoms with E-state index in [1.54, 1.807) is 18.2 Å². The standard InChI is InChI=1S/C14H15ClO6S/c15-11-6-9(13(16)17)10(14(18)19)7-12(11)22(20,21)8-4-2-1-3-5-8/h1-5,9-12H,6-7H2,(H,16,17)(H,18,19)/p-2/t9-,10+,11+,12+/m1/s1. The van der Waals surface area contributed by atoms with E-state index in [1.807, 2.05) is 0 Å². The van der Waals surface area contributed by atoms with Gasteiger partial charge < -0.3 is 19.8 Å². The SMILES string of the molecule is O=C([O-])[C@H]1C[C@H](S(=O)(=O)c2ccccc2)[C@@H](Cl)C[C@H]1C(=O)[O-]. The summed E-state index contributed by atoms with van der Waals surface area (Å²) in [5, 5.41) is 20.0. The van der Waals surface area contributed by atoms with E-state index in [-0.39, 0.29) is 11.3 Å². The van der Waals surface area contributed by atoms with Crippen molar-refractivity contribution in [2.45, 2.75) is 28.4 Å². The van der Waals surface area contributed by atoms with E-state index in [4.69, 9.17) is 11.6 Å². The molecule has 8 heteroatoms. The molecule has 0 unspecified atom stereocenters. The van der Waals surface area contributed by atoms with Gasteiger partial charge in [-0.3, -0.25) is 0 Å². The number of hydrogen-bond acceptors (Lipinski definition) is 6. The van der Waals surface area contributed by atoms with E-state index < -0.39 is 50.7 Å². The molecule has 1 aliphatic rings. The maximum Gasteiger partial charge on any atom is 0.182 e. The average molecular weight is 345 g/mol. The first-order valence-corrected chi connectivity index (χ1v) is 8.58. The molecule has 1 aromatic rings. The molecule has 4 atom stereocenters. The molecule has 0 spiro atoms. The molecule has 0 amide bonds. The van der Waals surface area contributed by atoms with E-state index in [2.05, 4.69) is 0 Å². The van der Waals surface area contributed by atoms with Crippen molar-refractivity contribution in [2.75, 3.05) is 0 Å². The molecule has 1 fully saturated rings. The molecule has 0 radical (unpaired) electrons. The van der Waals surface area contributed by atoms with Crippen LogP contribution in [-0.2, 0) is 19.4 Å². The summed E-state index contributed by atoms with van der Waals surface area (Å²) in [6, 6.07) is 7.50. The summed E-state index contributed by atoms with van der Waals surface area (Å²) in [7, 11) is -3.86. The van der Waals surface area contributed by atoms with E-state index in [9.17, 15) is 28.2 Å². The van der Waals surface area contributed by atoms with Crippen molar-refractivity contribution in [3.63, 3.8) is 0 Å². The Hall–Kier alpha value is -1.60. The first-order valence-electron chi connectivity index (χ1n) is 6.60. The number of halogens is 1. The minimum atomic E-state index is -3.86. The van der Waals surface area contributed by atoms with Gasteiger partial charge in [0.1, 0.15) is 0 Å². The van der Waals surface area contributed by atoms with Gasteiger partial charge in [-0.2, -0.15) is 0 Å². The third-order valence-electron chi connectivity index (χ3n) is 3.93. The molecular weight excluding hydrogens is 332 g/mol. The molecule has 0 saturated heterocycles. The molecule has 1 saturated carbocycles. The maximum atomic E-state index is 12.6. The number of rotatable bonds is 4. The summed E-state index contributed by atoms with van der Waals surface area (Å²) >= 11 is 6.04. The Labute approximate surface area is 132 Å². The number of carboxylic acid groups (broad SMARTS) is 2. The lowest BCUT2D eigenvalue weighted by Gasteiger charge is -2.39. The monoisotopic (exact) mass is 344 g/mol. The third kappa shape index (κ3) is 3.10. The van der Waals surface area contributed by atoms with E-state index in [0.717, 1.165) is 0 Å². The molecule has 0 aromatic heterocycles. The van der Waals surface area contributed by atoms with E-state index in [1.165, 1.54) is 12.1 Å². The van der Waals surface area contributed by atoms with Gasteiger partial charge in [0.05, 0.1) is 15.5 Å². The largest absolute Gasteiger partial charge is 0.550 e. The van der Waals surface area contributed by atoms with Gasteiger partial charge in [-0.05, 0) is 25.0 Å². The zero-order valence-corrected chi connectivity index (χ0v) is 12.9. The number of benzene rings is 1. The van der Waals surface area contributed by atoms with Crippen LogP contribution in [-0.4, -0.2) is 31.0 Å². The number of carbonyl (C=O) groups is 2. The van der Waals surface area contributed by atoms with E-state index in [0.29, 0.717) is 0 Å². The molecule has 120 valence electrons. The number of alkyl halides is 1. The van der Waals surface area contributed by atoms with Crippen molar-refractivity contribution in [3.05, 3.63) is 30.3 Å². The molecule has 0 aliphatic heterocycles. The second-order valence-electron chi connectivity index (χ2n) is 5.23. The number of carbonyl (C=O) groups excluding carboxylic acids is 2. The average Bonchev–Trinajstić information content (AvgIpc) is 2.47. The fraction of sp³-hybridized carbons (Fsp3) is 0.429. The van der Waals surface area contributed by atoms with Gasteiger partial charge in [-0.1, -0.05) is 18.2 Å². The van der Waals surface area contributed by atoms with Gasteiger partial charge in [0.25, 0.3) is 0 Å². The van der Waals surface area contributed by atoms with Crippen molar-refractivity contribution in [3.8, 4) is 0 Å². The second kappa shape index (κ2) is 6.26. The number of aliphatic carboxylic acids is 2. The highest BCUT2D eigenvalue weighted by Crippen LogP contribution is 2.38. The molecule has 6 nitrogen and oxygen atoms in total. The van der Waals surface area contributed by atoms with Gasteiger partial charge in [0.2, 0.25) is 0 Å². The molecule has 0 bridgehead atoms. The first kappa shape index (κ1) is 16.8. The van der Waals surface area contributed by atoms with Crippen LogP contribution in [0.25, 0.3) is 0 Å². The topological polar surface area (TPSA) is 114 Å². The Kier molecular flexibility index (Phi) is 4.77. The third-order valence-corrected chi connectivity index (χ3v) is 6.81. The summed E-state index contributed by atoms with van der Waals surface area (Å²) in [6.07, 6.45) is -0.703. The van der Waals surface area contributed by atoms with Crippen molar-refractivity contribution >= 4 is 33.4 Å². The Morgan fingerprint density at radius 1 is 1.00 bits per heavy atom. The summed E-state index contributed by atoms with van der Waals surface area (Å²) in [5.74, 6) is -5.96. The number of carboxylic acids is 2. The predicted molar refractivity (Wildman–Crippen MR) is 73.3 cm³/mol. The van der Waals surface area contributed by atoms with Crippen LogP contribution in [0.3, 0.4) is 0 Å². The number of sulfone groups is 1. The van der Waals surface area contributed by atoms with Crippen LogP contribution < -0.4 is 10.2 Å². The smallest absolute Gasteiger partial charge is 0.182 e. The Morgan fingerprint density at radius 2 is 1.50 bits per heavy atom. The van der Waals surface area contributed by atoms with Crippen LogP contribution in [0.15, 0.2) is 35.2 Å². The lowest BCUT2D eigenvalue weighted by atomic mass is 9.79. The Balaban J connectivity index is 2.36. The minimum absolute atomic E-state index is 0.0228. The predicted octanol–water partition coefficient (Wildman–Crippen LogP) is -1.04. The Bertz CT molecular complexity index is 672. The zero-order valence-electron chi connectivity index (χ0n) is 11.3. The van der Waals surface area contributed by atoms with Crippen LogP contribution in [0.5, 0.6) is 0 Å². The van der Waals surface area contributed by atoms with Crippen molar-refractivity contribution in [1.29, 1.82) is 0 Å². The highest BCUT2D eigenvalue weighted by atomic mass is 35.5. The van der Waals surface area contributed by atoms with Crippen molar-refractivity contribution in [2.24, 2.45) is 11.8 Å². The van der Waals surface area contributed by atoms with Gasteiger partial charge in [0.15, 0.2) is 9.84 Å². The fourth-order valence-electron chi connectivity index (χ4n) is 2.75. The normalized spacial score (nSPS) is 29.0. The van der Waals surface area contributed by atoms with Crippen molar-refractivity contribution < 1.29 is 28.2 Å². The lowest BCUT2D eigenvalue weighted by Crippen LogP contribution is -2.52. The van der Waals surface area contributed by atoms with Gasteiger partial charge in [-0.15, -0.1) is 11.6 Å². The molecule has 2 rings (SSSR count). The van der Waals surface area contributed by atoms with Crippen molar-refractivity contribution in [1.82, 2.24) is 0 Å². The lowest BCUT2D eigenvalue weighted by molar-refractivity contribution is -0.328. The van der Waals surface area contributed by atoms with Gasteiger partial charge in [-0.25, -0.2) is 8.42 Å². The minimum Gasteiger partial charge on any atom is -0.550 e. The van der Waals surface area contributed by atoms with E-state index >= 15 is 0 Å². The summed E-state index contributed by atoms with van der Waals surface area (Å²) in [4.78, 5) is 22.2. The maximum absolute atomic E-state index is 12.6. The van der Waals surface area contributed by atoms with Crippen LogP contribution in [0.4, 0.5) is 0 Å². The molecule has 1 aliphatic carbocycles. The second-order valence-corrected chi connectivity index (χ2v) is 7.96. The highest BCUT2D eigenvalue weighted by molar-refractivity contribution is 7.92. The molecule has 1 aromatic carbocycles. The fourth-order valence-corrected chi connectivity index (χ4v) is 5.30. The molecule has 0 heterocycles. The highest BCUT2D eigenvalue weighted by Gasteiger charge is 2.44. The Morgan fingerprint density at radius 3 is 2.00 bits per heavy atom. The number of hydrogen-bond donors (Lipinski definition) is 0. The van der Waals surface area contributed by atoms with Crippen LogP contribution >= 0.6 is 11.6 Å². The van der Waals surface area contributed by atoms with Gasteiger partial charge in [0, 0.05) is 23.8 Å². The quantitative estimate of drug-likeness (QED) is 0.645. The molecule has 0 N–H and O–H groups in total. The molecule has 22 heavy (non-hydrogen) atoms. The van der Waals surface area contributed by atoms with Crippen LogP contribution in [0.1, 0.15) is 12.8 Å². The van der Waals surface area contributed by atoms with Gasteiger partial charge >= 0.3 is 0 Å². The molecular formula is C14H13ClO6S-2. The summed E-state index contributed by atoms with van der Waals surface area (Å²) in [6.45, 7) is 0. The summed E-state index contributed by atoms with van der Waals surface area (Å²) in [5.41, 5.74) is 0.